The van der Waals surface area contributed by atoms with Crippen LogP contribution in [0.15, 0.2) is 36.4 Å². The second kappa shape index (κ2) is 7.28. The highest BCUT2D eigenvalue weighted by atomic mass is 32.2. The molecule has 0 saturated carbocycles. The summed E-state index contributed by atoms with van der Waals surface area (Å²) in [7, 11) is 3.69. The number of nitrogens with zero attached hydrogens (tertiary/aromatic N) is 4. The van der Waals surface area contributed by atoms with E-state index in [4.69, 9.17) is 5.10 Å². The summed E-state index contributed by atoms with van der Waals surface area (Å²) in [5, 5.41) is 13.9. The lowest BCUT2D eigenvalue weighted by Crippen LogP contribution is -2.18. The van der Waals surface area contributed by atoms with E-state index in [1.54, 1.807) is 12.1 Å². The molecule has 0 fully saturated rings. The molecule has 0 N–H and O–H groups in total. The standard InChI is InChI=1S/C19H20N4O2S/c1-4-15-8-9-17-18(14-7-5-6-13(10-14)11-20)16(12-26(24)25)19(22(2)3)21-23(15)17/h5-10H,4,12H2,1-3H3,(H,24,25)/p-1. The molecule has 0 amide bonds. The fourth-order valence-electron chi connectivity index (χ4n) is 3.15. The molecule has 3 aromatic rings. The van der Waals surface area contributed by atoms with Crippen LogP contribution in [0.1, 0.15) is 23.7 Å². The van der Waals surface area contributed by atoms with Crippen LogP contribution in [0, 0.1) is 11.3 Å². The quantitative estimate of drug-likeness (QED) is 0.647. The van der Waals surface area contributed by atoms with E-state index in [0.717, 1.165) is 28.8 Å². The average molecular weight is 367 g/mol. The molecular weight excluding hydrogens is 348 g/mol. The number of anilines is 1. The number of fused-ring (bicyclic) bond motifs is 1. The van der Waals surface area contributed by atoms with Crippen molar-refractivity contribution in [2.75, 3.05) is 19.0 Å². The van der Waals surface area contributed by atoms with Gasteiger partial charge >= 0.3 is 0 Å². The summed E-state index contributed by atoms with van der Waals surface area (Å²) >= 11 is -2.26. The Kier molecular flexibility index (Phi) is 5.07. The molecule has 0 radical (unpaired) electrons. The average Bonchev–Trinajstić information content (AvgIpc) is 3.03. The van der Waals surface area contributed by atoms with Crippen LogP contribution in [0.4, 0.5) is 5.82 Å². The van der Waals surface area contributed by atoms with Crippen LogP contribution in [0.25, 0.3) is 16.6 Å². The van der Waals surface area contributed by atoms with Crippen molar-refractivity contribution in [1.29, 1.82) is 5.26 Å². The van der Waals surface area contributed by atoms with Crippen LogP contribution in [0.2, 0.25) is 0 Å². The van der Waals surface area contributed by atoms with Gasteiger partial charge in [0.2, 0.25) is 0 Å². The first kappa shape index (κ1) is 18.1. The van der Waals surface area contributed by atoms with Crippen molar-refractivity contribution in [2.45, 2.75) is 19.1 Å². The Morgan fingerprint density at radius 3 is 2.69 bits per heavy atom. The minimum atomic E-state index is -2.26. The SMILES string of the molecule is CCc1ccc2c(-c3cccc(C#N)c3)c(CS(=O)[O-])c(N(C)C)nn12. The number of aromatic nitrogens is 2. The number of aryl methyl sites for hydroxylation is 1. The van der Waals surface area contributed by atoms with Gasteiger partial charge in [-0.3, -0.25) is 4.21 Å². The van der Waals surface area contributed by atoms with Gasteiger partial charge in [0.05, 0.1) is 17.1 Å². The third-order valence-electron chi connectivity index (χ3n) is 4.28. The predicted molar refractivity (Wildman–Crippen MR) is 102 cm³/mol. The molecule has 0 saturated heterocycles. The zero-order valence-corrected chi connectivity index (χ0v) is 15.7. The first-order valence-corrected chi connectivity index (χ1v) is 9.47. The van der Waals surface area contributed by atoms with Crippen LogP contribution in [0.5, 0.6) is 0 Å². The summed E-state index contributed by atoms with van der Waals surface area (Å²) in [4.78, 5) is 1.82. The van der Waals surface area contributed by atoms with E-state index in [9.17, 15) is 14.0 Å². The maximum atomic E-state index is 11.5. The van der Waals surface area contributed by atoms with Gasteiger partial charge in [0.1, 0.15) is 0 Å². The van der Waals surface area contributed by atoms with Crippen molar-refractivity contribution in [3.05, 3.63) is 53.2 Å². The zero-order valence-electron chi connectivity index (χ0n) is 14.9. The lowest BCUT2D eigenvalue weighted by Gasteiger charge is -2.22. The second-order valence-corrected chi connectivity index (χ2v) is 7.08. The molecule has 7 heteroatoms. The molecule has 134 valence electrons. The molecule has 2 heterocycles. The highest BCUT2D eigenvalue weighted by molar-refractivity contribution is 7.78. The highest BCUT2D eigenvalue weighted by Gasteiger charge is 2.20. The molecule has 2 aromatic heterocycles. The molecule has 1 unspecified atom stereocenters. The van der Waals surface area contributed by atoms with E-state index in [1.807, 2.05) is 47.8 Å². The van der Waals surface area contributed by atoms with Gasteiger partial charge in [-0.05, 0) is 36.2 Å². The van der Waals surface area contributed by atoms with Gasteiger partial charge in [-0.15, -0.1) is 5.10 Å². The fraction of sp³-hybridized carbons (Fsp3) is 0.263. The molecule has 6 nitrogen and oxygen atoms in total. The molecular formula is C19H19N4O2S-. The summed E-state index contributed by atoms with van der Waals surface area (Å²) in [6.45, 7) is 2.05. The van der Waals surface area contributed by atoms with E-state index >= 15 is 0 Å². The van der Waals surface area contributed by atoms with Crippen LogP contribution in [0.3, 0.4) is 0 Å². The first-order valence-electron chi connectivity index (χ1n) is 8.23. The Bertz CT molecular complexity index is 1030. The van der Waals surface area contributed by atoms with Gasteiger partial charge in [-0.25, -0.2) is 4.52 Å². The molecule has 0 bridgehead atoms. The fourth-order valence-corrected chi connectivity index (χ4v) is 3.66. The van der Waals surface area contributed by atoms with E-state index in [2.05, 4.69) is 13.0 Å². The maximum Gasteiger partial charge on any atom is 0.153 e. The summed E-state index contributed by atoms with van der Waals surface area (Å²) in [5.74, 6) is 0.459. The van der Waals surface area contributed by atoms with Gasteiger partial charge < -0.3 is 9.45 Å². The molecule has 1 aromatic carbocycles. The number of hydrogen-bond donors (Lipinski definition) is 0. The smallest absolute Gasteiger partial charge is 0.153 e. The van der Waals surface area contributed by atoms with E-state index in [-0.39, 0.29) is 5.75 Å². The third kappa shape index (κ3) is 3.21. The first-order chi connectivity index (χ1) is 12.5. The van der Waals surface area contributed by atoms with Crippen molar-refractivity contribution < 1.29 is 8.76 Å². The normalized spacial score (nSPS) is 12.1. The molecule has 0 aliphatic carbocycles. The minimum Gasteiger partial charge on any atom is -0.772 e. The molecule has 0 aliphatic heterocycles. The van der Waals surface area contributed by atoms with Crippen LogP contribution in [-0.4, -0.2) is 32.5 Å². The Morgan fingerprint density at radius 2 is 2.08 bits per heavy atom. The van der Waals surface area contributed by atoms with Crippen molar-refractivity contribution in [2.24, 2.45) is 0 Å². The molecule has 0 spiro atoms. The summed E-state index contributed by atoms with van der Waals surface area (Å²) in [6.07, 6.45) is 0.804. The Morgan fingerprint density at radius 1 is 1.31 bits per heavy atom. The van der Waals surface area contributed by atoms with Gasteiger partial charge in [-0.1, -0.05) is 30.1 Å². The van der Waals surface area contributed by atoms with Crippen LogP contribution < -0.4 is 4.90 Å². The Labute approximate surface area is 155 Å². The summed E-state index contributed by atoms with van der Waals surface area (Å²) < 4.78 is 24.9. The Hall–Kier alpha value is -2.69. The lowest BCUT2D eigenvalue weighted by molar-refractivity contribution is 0.536. The maximum absolute atomic E-state index is 11.5. The number of nitriles is 1. The van der Waals surface area contributed by atoms with E-state index in [0.29, 0.717) is 16.9 Å². The molecule has 26 heavy (non-hydrogen) atoms. The molecule has 1 atom stereocenters. The number of hydrogen-bond acceptors (Lipinski definition) is 5. The minimum absolute atomic E-state index is 0.143. The van der Waals surface area contributed by atoms with Crippen LogP contribution in [-0.2, 0) is 23.3 Å². The molecule has 3 rings (SSSR count). The zero-order chi connectivity index (χ0) is 18.8. The lowest BCUT2D eigenvalue weighted by atomic mass is 9.99. The van der Waals surface area contributed by atoms with Crippen molar-refractivity contribution >= 4 is 22.4 Å². The third-order valence-corrected chi connectivity index (χ3v) is 4.81. The number of benzene rings is 1. The van der Waals surface area contributed by atoms with Gasteiger partial charge in [0.25, 0.3) is 0 Å². The van der Waals surface area contributed by atoms with Crippen molar-refractivity contribution in [3.63, 3.8) is 0 Å². The summed E-state index contributed by atoms with van der Waals surface area (Å²) in [5.41, 5.74) is 4.64. The topological polar surface area (TPSA) is 84.5 Å². The van der Waals surface area contributed by atoms with E-state index < -0.39 is 11.1 Å². The van der Waals surface area contributed by atoms with Crippen molar-refractivity contribution in [1.82, 2.24) is 9.61 Å². The van der Waals surface area contributed by atoms with Crippen molar-refractivity contribution in [3.8, 4) is 17.2 Å². The number of rotatable bonds is 5. The Balaban J connectivity index is 2.44. The van der Waals surface area contributed by atoms with Gasteiger partial charge in [0, 0.05) is 36.7 Å². The monoisotopic (exact) mass is 367 g/mol. The largest absolute Gasteiger partial charge is 0.772 e. The van der Waals surface area contributed by atoms with Gasteiger partial charge in [-0.2, -0.15) is 5.26 Å². The van der Waals surface area contributed by atoms with Gasteiger partial charge in [0.15, 0.2) is 5.82 Å². The summed E-state index contributed by atoms with van der Waals surface area (Å²) in [6, 6.07) is 13.3. The molecule has 0 aliphatic rings. The second-order valence-electron chi connectivity index (χ2n) is 6.19. The highest BCUT2D eigenvalue weighted by Crippen LogP contribution is 2.35. The predicted octanol–water partition coefficient (Wildman–Crippen LogP) is 2.88. The van der Waals surface area contributed by atoms with Crippen LogP contribution >= 0.6 is 0 Å². The van der Waals surface area contributed by atoms with E-state index in [1.165, 1.54) is 0 Å².